The van der Waals surface area contributed by atoms with Crippen molar-refractivity contribution in [1.82, 2.24) is 5.32 Å². The van der Waals surface area contributed by atoms with E-state index in [-0.39, 0.29) is 0 Å². The van der Waals surface area contributed by atoms with Crippen LogP contribution in [0.2, 0.25) is 0 Å². The van der Waals surface area contributed by atoms with Gasteiger partial charge in [0.1, 0.15) is 0 Å². The monoisotopic (exact) mass is 203 g/mol. The summed E-state index contributed by atoms with van der Waals surface area (Å²) in [6, 6.07) is 10.5. The highest BCUT2D eigenvalue weighted by molar-refractivity contribution is 5.14. The molecule has 0 aliphatic heterocycles. The zero-order valence-electron chi connectivity index (χ0n) is 9.74. The first kappa shape index (κ1) is 12.0. The van der Waals surface area contributed by atoms with Gasteiger partial charge >= 0.3 is 0 Å². The van der Waals surface area contributed by atoms with Crippen molar-refractivity contribution in [2.24, 2.45) is 11.8 Å². The number of rotatable bonds is 6. The van der Waals surface area contributed by atoms with E-state index in [9.17, 15) is 0 Å². The van der Waals surface area contributed by atoms with E-state index in [1.54, 1.807) is 0 Å². The summed E-state index contributed by atoms with van der Waals surface area (Å²) in [7, 11) is 0. The van der Waals surface area contributed by atoms with E-state index in [4.69, 9.17) is 0 Å². The highest BCUT2D eigenvalue weighted by Crippen LogP contribution is 2.10. The van der Waals surface area contributed by atoms with Gasteiger partial charge in [-0.05, 0) is 23.9 Å². The predicted molar refractivity (Wildman–Crippen MR) is 66.7 cm³/mol. The van der Waals surface area contributed by atoms with Crippen LogP contribution in [0.3, 0.4) is 0 Å². The number of hydrogen-bond acceptors (Lipinski definition) is 1. The van der Waals surface area contributed by atoms with Gasteiger partial charge < -0.3 is 5.32 Å². The molecular weight excluding hydrogens is 182 g/mol. The molecule has 15 heavy (non-hydrogen) atoms. The second-order valence-corrected chi connectivity index (χ2v) is 4.19. The van der Waals surface area contributed by atoms with E-state index in [1.807, 2.05) is 12.1 Å². The Morgan fingerprint density at radius 1 is 1.27 bits per heavy atom. The summed E-state index contributed by atoms with van der Waals surface area (Å²) in [4.78, 5) is 0. The van der Waals surface area contributed by atoms with E-state index in [2.05, 4.69) is 50.0 Å². The first-order valence-electron chi connectivity index (χ1n) is 5.61. The van der Waals surface area contributed by atoms with Gasteiger partial charge in [-0.25, -0.2) is 0 Å². The third-order valence-corrected chi connectivity index (χ3v) is 2.91. The Kier molecular flexibility index (Phi) is 5.13. The molecule has 0 bridgehead atoms. The van der Waals surface area contributed by atoms with Crippen LogP contribution in [-0.2, 0) is 6.54 Å². The molecule has 0 amide bonds. The highest BCUT2D eigenvalue weighted by Gasteiger charge is 2.07. The molecule has 1 rings (SSSR count). The third-order valence-electron chi connectivity index (χ3n) is 2.91. The first-order chi connectivity index (χ1) is 7.24. The maximum Gasteiger partial charge on any atom is 0.0205 e. The number of benzene rings is 1. The van der Waals surface area contributed by atoms with Crippen LogP contribution in [0.4, 0.5) is 0 Å². The van der Waals surface area contributed by atoms with Crippen LogP contribution in [0.1, 0.15) is 19.4 Å². The third kappa shape index (κ3) is 4.30. The van der Waals surface area contributed by atoms with Gasteiger partial charge in [0.2, 0.25) is 0 Å². The van der Waals surface area contributed by atoms with Crippen molar-refractivity contribution in [1.29, 1.82) is 0 Å². The standard InChI is InChI=1S/C14H21N/c1-4-12(2)13(3)10-15-11-14-8-6-5-7-9-14/h4-9,12-13,15H,1,10-11H2,2-3H3. The molecule has 1 heteroatoms. The van der Waals surface area contributed by atoms with E-state index >= 15 is 0 Å². The second kappa shape index (κ2) is 6.41. The summed E-state index contributed by atoms with van der Waals surface area (Å²) in [5.74, 6) is 1.22. The molecule has 1 N–H and O–H groups in total. The molecule has 1 aromatic rings. The molecule has 0 fully saturated rings. The van der Waals surface area contributed by atoms with Gasteiger partial charge in [0, 0.05) is 6.54 Å². The zero-order chi connectivity index (χ0) is 11.1. The fourth-order valence-electron chi connectivity index (χ4n) is 1.46. The molecule has 0 radical (unpaired) electrons. The van der Waals surface area contributed by atoms with Crippen molar-refractivity contribution in [3.8, 4) is 0 Å². The van der Waals surface area contributed by atoms with Crippen LogP contribution in [-0.4, -0.2) is 6.54 Å². The minimum Gasteiger partial charge on any atom is -0.312 e. The largest absolute Gasteiger partial charge is 0.312 e. The lowest BCUT2D eigenvalue weighted by Gasteiger charge is -2.16. The summed E-state index contributed by atoms with van der Waals surface area (Å²) in [5, 5.41) is 3.47. The van der Waals surface area contributed by atoms with Crippen molar-refractivity contribution in [2.75, 3.05) is 6.54 Å². The van der Waals surface area contributed by atoms with Gasteiger partial charge in [0.15, 0.2) is 0 Å². The van der Waals surface area contributed by atoms with E-state index in [0.717, 1.165) is 13.1 Å². The number of hydrogen-bond donors (Lipinski definition) is 1. The molecular formula is C14H21N. The Bertz CT molecular complexity index is 279. The Hall–Kier alpha value is -1.08. The lowest BCUT2D eigenvalue weighted by molar-refractivity contribution is 0.425. The summed E-state index contributed by atoms with van der Waals surface area (Å²) in [6.45, 7) is 10.3. The minimum absolute atomic E-state index is 0.577. The van der Waals surface area contributed by atoms with Crippen molar-refractivity contribution in [3.05, 3.63) is 48.6 Å². The van der Waals surface area contributed by atoms with Gasteiger partial charge in [-0.15, -0.1) is 6.58 Å². The van der Waals surface area contributed by atoms with Crippen molar-refractivity contribution >= 4 is 0 Å². The lowest BCUT2D eigenvalue weighted by atomic mass is 9.96. The van der Waals surface area contributed by atoms with Gasteiger partial charge in [0.25, 0.3) is 0 Å². The van der Waals surface area contributed by atoms with Gasteiger partial charge in [-0.1, -0.05) is 50.3 Å². The molecule has 0 heterocycles. The van der Waals surface area contributed by atoms with Crippen LogP contribution < -0.4 is 5.32 Å². The summed E-state index contributed by atoms with van der Waals surface area (Å²) < 4.78 is 0. The van der Waals surface area contributed by atoms with Crippen LogP contribution in [0, 0.1) is 11.8 Å². The normalized spacial score (nSPS) is 14.5. The van der Waals surface area contributed by atoms with E-state index in [1.165, 1.54) is 5.56 Å². The van der Waals surface area contributed by atoms with Crippen LogP contribution in [0.15, 0.2) is 43.0 Å². The fraction of sp³-hybridized carbons (Fsp3) is 0.429. The van der Waals surface area contributed by atoms with Crippen LogP contribution >= 0.6 is 0 Å². The van der Waals surface area contributed by atoms with Crippen molar-refractivity contribution < 1.29 is 0 Å². The average Bonchev–Trinajstić information content (AvgIpc) is 2.29. The molecule has 1 aromatic carbocycles. The zero-order valence-corrected chi connectivity index (χ0v) is 9.74. The van der Waals surface area contributed by atoms with Crippen molar-refractivity contribution in [2.45, 2.75) is 20.4 Å². The first-order valence-corrected chi connectivity index (χ1v) is 5.61. The molecule has 0 saturated carbocycles. The quantitative estimate of drug-likeness (QED) is 0.700. The van der Waals surface area contributed by atoms with Crippen LogP contribution in [0.5, 0.6) is 0 Å². The molecule has 82 valence electrons. The second-order valence-electron chi connectivity index (χ2n) is 4.19. The van der Waals surface area contributed by atoms with Crippen molar-refractivity contribution in [3.63, 3.8) is 0 Å². The van der Waals surface area contributed by atoms with E-state index in [0.29, 0.717) is 11.8 Å². The summed E-state index contributed by atoms with van der Waals surface area (Å²) in [6.07, 6.45) is 2.02. The molecule has 2 atom stereocenters. The lowest BCUT2D eigenvalue weighted by Crippen LogP contribution is -2.24. The molecule has 0 saturated heterocycles. The number of nitrogens with one attached hydrogen (secondary N) is 1. The Morgan fingerprint density at radius 3 is 2.53 bits per heavy atom. The maximum absolute atomic E-state index is 3.82. The molecule has 0 aliphatic carbocycles. The highest BCUT2D eigenvalue weighted by atomic mass is 14.9. The van der Waals surface area contributed by atoms with Gasteiger partial charge in [0.05, 0.1) is 0 Å². The summed E-state index contributed by atoms with van der Waals surface area (Å²) >= 11 is 0. The Labute approximate surface area is 93.2 Å². The molecule has 0 aromatic heterocycles. The Morgan fingerprint density at radius 2 is 1.93 bits per heavy atom. The molecule has 0 aliphatic rings. The summed E-state index contributed by atoms with van der Waals surface area (Å²) in [5.41, 5.74) is 1.34. The maximum atomic E-state index is 3.82. The Balaban J connectivity index is 2.25. The molecule has 2 unspecified atom stereocenters. The molecule has 1 nitrogen and oxygen atoms in total. The number of allylic oxidation sites excluding steroid dienone is 1. The van der Waals surface area contributed by atoms with Crippen LogP contribution in [0.25, 0.3) is 0 Å². The minimum atomic E-state index is 0.577. The topological polar surface area (TPSA) is 12.0 Å². The smallest absolute Gasteiger partial charge is 0.0205 e. The predicted octanol–water partition coefficient (Wildman–Crippen LogP) is 3.23. The van der Waals surface area contributed by atoms with E-state index < -0.39 is 0 Å². The molecule has 0 spiro atoms. The fourth-order valence-corrected chi connectivity index (χ4v) is 1.46. The van der Waals surface area contributed by atoms with Gasteiger partial charge in [-0.3, -0.25) is 0 Å². The SMILES string of the molecule is C=CC(C)C(C)CNCc1ccccc1. The average molecular weight is 203 g/mol. The van der Waals surface area contributed by atoms with Gasteiger partial charge in [-0.2, -0.15) is 0 Å².